The molecule has 2 aromatic rings. The van der Waals surface area contributed by atoms with Gasteiger partial charge in [-0.3, -0.25) is 9.59 Å². The maximum Gasteiger partial charge on any atom is 0.259 e. The summed E-state index contributed by atoms with van der Waals surface area (Å²) in [4.78, 5) is 37.4. The average Bonchev–Trinajstić information content (AvgIpc) is 3.21. The third kappa shape index (κ3) is 5.25. The summed E-state index contributed by atoms with van der Waals surface area (Å²) in [6.45, 7) is 5.94. The van der Waals surface area contributed by atoms with Gasteiger partial charge in [0.05, 0.1) is 0 Å². The van der Waals surface area contributed by atoms with E-state index < -0.39 is 35.5 Å². The lowest BCUT2D eigenvalue weighted by molar-refractivity contribution is -0.571. The van der Waals surface area contributed by atoms with Crippen LogP contribution in [0.2, 0.25) is 0 Å². The normalized spacial score (nSPS) is 35.4. The van der Waals surface area contributed by atoms with Gasteiger partial charge in [0.15, 0.2) is 35.9 Å². The second kappa shape index (κ2) is 11.1. The lowest BCUT2D eigenvalue weighted by atomic mass is 9.58. The van der Waals surface area contributed by atoms with Gasteiger partial charge < -0.3 is 19.5 Å². The maximum atomic E-state index is 13.4. The van der Waals surface area contributed by atoms with Crippen molar-refractivity contribution in [1.82, 2.24) is 5.32 Å². The predicted molar refractivity (Wildman–Crippen MR) is 147 cm³/mol. The van der Waals surface area contributed by atoms with Crippen LogP contribution in [0.1, 0.15) is 62.4 Å². The van der Waals surface area contributed by atoms with Crippen molar-refractivity contribution < 1.29 is 42.4 Å². The Kier molecular flexibility index (Phi) is 7.67. The molecule has 5 aliphatic rings. The predicted octanol–water partition coefficient (Wildman–Crippen LogP) is 5.56. The minimum absolute atomic E-state index is 0.0420. The molecule has 8 nitrogen and oxygen atoms in total. The molecule has 1 N–H and O–H groups in total. The number of fused-ring (bicyclic) bond motifs is 2. The largest absolute Gasteiger partial charge is 0.484 e. The fourth-order valence-corrected chi connectivity index (χ4v) is 7.02. The van der Waals surface area contributed by atoms with Crippen molar-refractivity contribution in [3.8, 4) is 5.75 Å². The first kappa shape index (κ1) is 28.9. The zero-order valence-electron chi connectivity index (χ0n) is 23.8. The molecule has 0 unspecified atom stereocenters. The number of carbonyl (C=O) groups excluding carboxylic acids is 2. The highest BCUT2D eigenvalue weighted by Crippen LogP contribution is 2.60. The molecule has 4 aliphatic heterocycles. The molecule has 0 aromatic heterocycles. The van der Waals surface area contributed by atoms with Crippen LogP contribution >= 0.6 is 0 Å². The second-order valence-corrected chi connectivity index (χ2v) is 12.1. The quantitative estimate of drug-likeness (QED) is 0.259. The highest BCUT2D eigenvalue weighted by molar-refractivity contribution is 6.06. The molecule has 5 fully saturated rings. The highest BCUT2D eigenvalue weighted by Gasteiger charge is 2.69. The molecule has 2 aromatic carbocycles. The van der Waals surface area contributed by atoms with Gasteiger partial charge in [0.25, 0.3) is 5.91 Å². The van der Waals surface area contributed by atoms with E-state index >= 15 is 0 Å². The lowest BCUT2D eigenvalue weighted by Gasteiger charge is -2.60. The van der Waals surface area contributed by atoms with E-state index in [0.29, 0.717) is 29.2 Å². The maximum absolute atomic E-state index is 13.4. The van der Waals surface area contributed by atoms with Gasteiger partial charge in [0.1, 0.15) is 12.0 Å². The minimum atomic E-state index is -0.983. The monoisotopic (exact) mass is 583 g/mol. The smallest absolute Gasteiger partial charge is 0.259 e. The van der Waals surface area contributed by atoms with E-state index in [1.54, 1.807) is 24.3 Å². The Bertz CT molecular complexity index is 1380. The number of halogens is 2. The van der Waals surface area contributed by atoms with E-state index in [0.717, 1.165) is 31.4 Å². The number of hydrogen-bond acceptors (Lipinski definition) is 7. The second-order valence-electron chi connectivity index (χ2n) is 12.1. The molecular formula is C32H35F2NO7. The molecule has 1 amide bonds. The van der Waals surface area contributed by atoms with Gasteiger partial charge in [-0.1, -0.05) is 26.0 Å². The van der Waals surface area contributed by atoms with E-state index in [1.807, 2.05) is 6.92 Å². The number of amides is 1. The third-order valence-corrected chi connectivity index (χ3v) is 9.34. The van der Waals surface area contributed by atoms with Crippen LogP contribution in [0.15, 0.2) is 48.5 Å². The van der Waals surface area contributed by atoms with Gasteiger partial charge in [0.2, 0.25) is 5.79 Å². The van der Waals surface area contributed by atoms with E-state index in [-0.39, 0.29) is 36.1 Å². The number of carbonyl (C=O) groups is 2. The number of benzene rings is 2. The Morgan fingerprint density at radius 1 is 1.02 bits per heavy atom. The van der Waals surface area contributed by atoms with Crippen molar-refractivity contribution in [2.45, 2.75) is 70.4 Å². The average molecular weight is 584 g/mol. The number of rotatable bonds is 7. The number of allylic oxidation sites excluding steroid dienone is 1. The van der Waals surface area contributed by atoms with Crippen molar-refractivity contribution in [2.24, 2.45) is 23.7 Å². The summed E-state index contributed by atoms with van der Waals surface area (Å²) in [7, 11) is 0. The standard InChI is InChI=1S/C32H35F2NO7/c1-18-4-11-24-19(2)29(39-30-32(24)23(18)14-15-31(3,40-30)41-42-32)35-28(37)17-38-22-9-7-21(8-10-22)27(36)13-6-20-5-12-25(33)26(34)16-20/h5-10,12-13,16,18-19,23-24,29-30H,4,11,14-15,17H2,1-3H3,(H,35,37)/b13-6+/t18-,19-,23+,24+,29+,30-,31+,32-/m1/s1. The van der Waals surface area contributed by atoms with Crippen LogP contribution in [0, 0.1) is 35.3 Å². The summed E-state index contributed by atoms with van der Waals surface area (Å²) in [6.07, 6.45) is 5.09. The fraction of sp³-hybridized carbons (Fsp3) is 0.500. The molecule has 2 bridgehead atoms. The van der Waals surface area contributed by atoms with Crippen molar-refractivity contribution in [3.63, 3.8) is 0 Å². The highest BCUT2D eigenvalue weighted by atomic mass is 19.2. The molecule has 0 radical (unpaired) electrons. The molecule has 1 spiro atoms. The van der Waals surface area contributed by atoms with Crippen LogP contribution in [0.5, 0.6) is 5.75 Å². The number of ketones is 1. The Balaban J connectivity index is 1.05. The molecule has 4 heterocycles. The topological polar surface area (TPSA) is 92.3 Å². The molecule has 1 aliphatic carbocycles. The number of ether oxygens (including phenoxy) is 3. The van der Waals surface area contributed by atoms with Crippen molar-refractivity contribution in [3.05, 3.63) is 71.3 Å². The molecule has 8 atom stereocenters. The SMILES string of the molecule is C[C@H]1[C@@H](NC(=O)COc2ccc(C(=O)/C=C/c3ccc(F)c(F)c3)cc2)O[C@@H]2O[C@]3(C)CC[C@H]4[C@H](C)CC[C@@H]1[C@@]24OO3. The molecule has 4 saturated heterocycles. The summed E-state index contributed by atoms with van der Waals surface area (Å²) >= 11 is 0. The first-order chi connectivity index (χ1) is 20.1. The van der Waals surface area contributed by atoms with Crippen LogP contribution in [0.4, 0.5) is 8.78 Å². The van der Waals surface area contributed by atoms with Crippen molar-refractivity contribution in [2.75, 3.05) is 6.61 Å². The molecule has 7 rings (SSSR count). The van der Waals surface area contributed by atoms with Gasteiger partial charge in [0, 0.05) is 23.8 Å². The summed E-state index contributed by atoms with van der Waals surface area (Å²) in [5.74, 6) is -2.34. The van der Waals surface area contributed by atoms with E-state index in [4.69, 9.17) is 24.0 Å². The zero-order valence-corrected chi connectivity index (χ0v) is 23.8. The first-order valence-corrected chi connectivity index (χ1v) is 14.5. The van der Waals surface area contributed by atoms with Crippen LogP contribution in [-0.2, 0) is 24.0 Å². The molecule has 1 saturated carbocycles. The molecular weight excluding hydrogens is 548 g/mol. The van der Waals surface area contributed by atoms with Gasteiger partial charge >= 0.3 is 0 Å². The van der Waals surface area contributed by atoms with Crippen LogP contribution in [-0.4, -0.2) is 42.2 Å². The zero-order chi connectivity index (χ0) is 29.6. The van der Waals surface area contributed by atoms with Crippen LogP contribution in [0.3, 0.4) is 0 Å². The summed E-state index contributed by atoms with van der Waals surface area (Å²) in [5.41, 5.74) is 0.0429. The van der Waals surface area contributed by atoms with Gasteiger partial charge in [-0.2, -0.15) is 0 Å². The van der Waals surface area contributed by atoms with E-state index in [1.165, 1.54) is 18.2 Å². The van der Waals surface area contributed by atoms with Gasteiger partial charge in [-0.25, -0.2) is 18.6 Å². The number of nitrogens with one attached hydrogen (secondary N) is 1. The summed E-state index contributed by atoms with van der Waals surface area (Å²) < 4.78 is 44.9. The van der Waals surface area contributed by atoms with E-state index in [9.17, 15) is 18.4 Å². The lowest BCUT2D eigenvalue weighted by Crippen LogP contribution is -2.72. The molecule has 10 heteroatoms. The molecule has 42 heavy (non-hydrogen) atoms. The first-order valence-electron chi connectivity index (χ1n) is 14.5. The molecule has 224 valence electrons. The fourth-order valence-electron chi connectivity index (χ4n) is 7.02. The Morgan fingerprint density at radius 2 is 1.81 bits per heavy atom. The Morgan fingerprint density at radius 3 is 2.57 bits per heavy atom. The Labute approximate surface area is 243 Å². The third-order valence-electron chi connectivity index (χ3n) is 9.34. The van der Waals surface area contributed by atoms with Gasteiger partial charge in [-0.15, -0.1) is 0 Å². The van der Waals surface area contributed by atoms with Crippen LogP contribution < -0.4 is 10.1 Å². The summed E-state index contributed by atoms with van der Waals surface area (Å²) in [6, 6.07) is 9.71. The van der Waals surface area contributed by atoms with Gasteiger partial charge in [-0.05, 0) is 86.1 Å². The summed E-state index contributed by atoms with van der Waals surface area (Å²) in [5, 5.41) is 2.97. The number of hydrogen-bond donors (Lipinski definition) is 1. The Hall–Kier alpha value is -3.18. The van der Waals surface area contributed by atoms with Crippen molar-refractivity contribution in [1.29, 1.82) is 0 Å². The van der Waals surface area contributed by atoms with Crippen LogP contribution in [0.25, 0.3) is 6.08 Å². The van der Waals surface area contributed by atoms with Crippen molar-refractivity contribution >= 4 is 17.8 Å². The minimum Gasteiger partial charge on any atom is -0.484 e. The van der Waals surface area contributed by atoms with E-state index in [2.05, 4.69) is 19.2 Å².